The molecule has 1 heterocycles. The first kappa shape index (κ1) is 19.9. The minimum atomic E-state index is -0.292. The summed E-state index contributed by atoms with van der Waals surface area (Å²) < 4.78 is 13.9. The van der Waals surface area contributed by atoms with Gasteiger partial charge in [-0.15, -0.1) is 11.3 Å². The Hall–Kier alpha value is -1.44. The van der Waals surface area contributed by atoms with Crippen molar-refractivity contribution in [3.05, 3.63) is 58.0 Å². The molecule has 0 aliphatic carbocycles. The van der Waals surface area contributed by atoms with Crippen LogP contribution in [0.4, 0.5) is 4.39 Å². The summed E-state index contributed by atoms with van der Waals surface area (Å²) >= 11 is 8.29. The molecule has 0 bridgehead atoms. The molecule has 0 unspecified atom stereocenters. The summed E-state index contributed by atoms with van der Waals surface area (Å²) in [6, 6.07) is 9.84. The van der Waals surface area contributed by atoms with Crippen LogP contribution in [0.15, 0.2) is 41.8 Å². The number of amides is 1. The first-order chi connectivity index (χ1) is 12.0. The van der Waals surface area contributed by atoms with E-state index in [0.717, 1.165) is 27.9 Å². The van der Waals surface area contributed by atoms with E-state index in [9.17, 15) is 9.18 Å². The van der Waals surface area contributed by atoms with E-state index in [-0.39, 0.29) is 23.5 Å². The van der Waals surface area contributed by atoms with Crippen LogP contribution in [-0.2, 0) is 4.79 Å². The SMILES string of the molecule is CCN(CC)C(=S)SCC(=O)N[C@H](c1ccc(F)cc1)c1cccs1. The molecule has 0 saturated heterocycles. The van der Waals surface area contributed by atoms with E-state index in [1.807, 2.05) is 36.3 Å². The predicted octanol–water partition coefficient (Wildman–Crippen LogP) is 4.45. The molecular weight excluding hydrogens is 375 g/mol. The van der Waals surface area contributed by atoms with E-state index >= 15 is 0 Å². The lowest BCUT2D eigenvalue weighted by molar-refractivity contribution is -0.119. The lowest BCUT2D eigenvalue weighted by atomic mass is 10.1. The van der Waals surface area contributed by atoms with Gasteiger partial charge < -0.3 is 10.2 Å². The molecule has 1 amide bonds. The number of benzene rings is 1. The maximum Gasteiger partial charge on any atom is 0.231 e. The fourth-order valence-electron chi connectivity index (χ4n) is 2.33. The Labute approximate surface area is 161 Å². The summed E-state index contributed by atoms with van der Waals surface area (Å²) in [5, 5.41) is 5.00. The molecule has 1 atom stereocenters. The molecule has 0 aliphatic heterocycles. The van der Waals surface area contributed by atoms with E-state index in [2.05, 4.69) is 5.32 Å². The molecule has 7 heteroatoms. The zero-order chi connectivity index (χ0) is 18.2. The molecule has 25 heavy (non-hydrogen) atoms. The van der Waals surface area contributed by atoms with Crippen molar-refractivity contribution in [3.63, 3.8) is 0 Å². The van der Waals surface area contributed by atoms with Crippen molar-refractivity contribution in [3.8, 4) is 0 Å². The summed E-state index contributed by atoms with van der Waals surface area (Å²) in [4.78, 5) is 15.5. The predicted molar refractivity (Wildman–Crippen MR) is 109 cm³/mol. The molecule has 0 aliphatic rings. The first-order valence-electron chi connectivity index (χ1n) is 8.05. The number of halogens is 1. The Morgan fingerprint density at radius 1 is 1.28 bits per heavy atom. The molecule has 3 nitrogen and oxygen atoms in total. The van der Waals surface area contributed by atoms with Crippen molar-refractivity contribution >= 4 is 45.5 Å². The number of carbonyl (C=O) groups excluding carboxylic acids is 1. The third-order valence-electron chi connectivity index (χ3n) is 3.68. The zero-order valence-corrected chi connectivity index (χ0v) is 16.6. The van der Waals surface area contributed by atoms with Gasteiger partial charge in [-0.25, -0.2) is 4.39 Å². The maximum atomic E-state index is 13.2. The van der Waals surface area contributed by atoms with Crippen LogP contribution in [0.3, 0.4) is 0 Å². The van der Waals surface area contributed by atoms with Crippen molar-refractivity contribution in [2.24, 2.45) is 0 Å². The second-order valence-corrected chi connectivity index (χ2v) is 7.88. The normalized spacial score (nSPS) is 11.8. The molecule has 2 rings (SSSR count). The number of nitrogens with zero attached hydrogens (tertiary/aromatic N) is 1. The molecule has 2 aromatic rings. The molecule has 1 aromatic carbocycles. The lowest BCUT2D eigenvalue weighted by Gasteiger charge is -2.21. The summed E-state index contributed by atoms with van der Waals surface area (Å²) in [5.74, 6) is -0.124. The Morgan fingerprint density at radius 3 is 2.52 bits per heavy atom. The van der Waals surface area contributed by atoms with Crippen LogP contribution in [0, 0.1) is 5.82 Å². The highest BCUT2D eigenvalue weighted by Crippen LogP contribution is 2.26. The van der Waals surface area contributed by atoms with Crippen molar-refractivity contribution in [1.29, 1.82) is 0 Å². The van der Waals surface area contributed by atoms with E-state index in [1.165, 1.54) is 23.9 Å². The van der Waals surface area contributed by atoms with Gasteiger partial charge in [0.2, 0.25) is 5.91 Å². The Kier molecular flexibility index (Phi) is 7.87. The number of nitrogens with one attached hydrogen (secondary N) is 1. The van der Waals surface area contributed by atoms with Crippen LogP contribution in [0.1, 0.15) is 30.3 Å². The van der Waals surface area contributed by atoms with Crippen molar-refractivity contribution in [2.75, 3.05) is 18.8 Å². The Balaban J connectivity index is 2.03. The fraction of sp³-hybridized carbons (Fsp3) is 0.333. The minimum absolute atomic E-state index is 0.0952. The monoisotopic (exact) mass is 396 g/mol. The van der Waals surface area contributed by atoms with Crippen molar-refractivity contribution in [2.45, 2.75) is 19.9 Å². The second-order valence-electron chi connectivity index (χ2n) is 5.29. The average Bonchev–Trinajstić information content (AvgIpc) is 3.14. The second kappa shape index (κ2) is 9.89. The van der Waals surface area contributed by atoms with E-state index in [0.29, 0.717) is 0 Å². The number of carbonyl (C=O) groups is 1. The Morgan fingerprint density at radius 2 is 1.96 bits per heavy atom. The third kappa shape index (κ3) is 5.80. The number of hydrogen-bond acceptors (Lipinski definition) is 4. The number of thiocarbonyl (C=S) groups is 1. The fourth-order valence-corrected chi connectivity index (χ4v) is 4.35. The van der Waals surface area contributed by atoms with Crippen molar-refractivity contribution in [1.82, 2.24) is 10.2 Å². The topological polar surface area (TPSA) is 32.3 Å². The molecule has 0 spiro atoms. The average molecular weight is 397 g/mol. The highest BCUT2D eigenvalue weighted by atomic mass is 32.2. The molecule has 0 fully saturated rings. The standard InChI is InChI=1S/C18H21FN2OS3/c1-3-21(4-2)18(23)25-12-16(22)20-17(15-6-5-11-24-15)13-7-9-14(19)10-8-13/h5-11,17H,3-4,12H2,1-2H3,(H,20,22)/t17-/m1/s1. The van der Waals surface area contributed by atoms with E-state index in [4.69, 9.17) is 12.2 Å². The van der Waals surface area contributed by atoms with Crippen LogP contribution in [0.5, 0.6) is 0 Å². The van der Waals surface area contributed by atoms with E-state index in [1.54, 1.807) is 23.5 Å². The van der Waals surface area contributed by atoms with Crippen LogP contribution < -0.4 is 5.32 Å². The number of rotatable bonds is 7. The molecule has 0 saturated carbocycles. The smallest absolute Gasteiger partial charge is 0.231 e. The van der Waals surface area contributed by atoms with E-state index < -0.39 is 0 Å². The zero-order valence-electron chi connectivity index (χ0n) is 14.2. The van der Waals surface area contributed by atoms with Crippen LogP contribution >= 0.6 is 35.3 Å². The highest BCUT2D eigenvalue weighted by Gasteiger charge is 2.19. The van der Waals surface area contributed by atoms with Crippen LogP contribution in [0.25, 0.3) is 0 Å². The van der Waals surface area contributed by atoms with Crippen LogP contribution in [-0.4, -0.2) is 34.0 Å². The van der Waals surface area contributed by atoms with Gasteiger partial charge in [-0.2, -0.15) is 0 Å². The molecule has 1 N–H and O–H groups in total. The molecular formula is C18H21FN2OS3. The Bertz CT molecular complexity index is 685. The minimum Gasteiger partial charge on any atom is -0.358 e. The quantitative estimate of drug-likeness (QED) is 0.701. The van der Waals surface area contributed by atoms with Gasteiger partial charge in [-0.05, 0) is 43.0 Å². The third-order valence-corrected chi connectivity index (χ3v) is 6.15. The number of thioether (sulfide) groups is 1. The van der Waals surface area contributed by atoms with Crippen molar-refractivity contribution < 1.29 is 9.18 Å². The van der Waals surface area contributed by atoms with Crippen LogP contribution in [0.2, 0.25) is 0 Å². The summed E-state index contributed by atoms with van der Waals surface area (Å²) in [7, 11) is 0. The van der Waals surface area contributed by atoms with Gasteiger partial charge in [0.15, 0.2) is 0 Å². The van der Waals surface area contributed by atoms with Gasteiger partial charge in [0.25, 0.3) is 0 Å². The molecule has 134 valence electrons. The van der Waals surface area contributed by atoms with Gasteiger partial charge >= 0.3 is 0 Å². The summed E-state index contributed by atoms with van der Waals surface area (Å²) in [6.07, 6.45) is 0. The first-order valence-corrected chi connectivity index (χ1v) is 10.3. The molecule has 0 radical (unpaired) electrons. The maximum absolute atomic E-state index is 13.2. The van der Waals surface area contributed by atoms with Gasteiger partial charge in [0.05, 0.1) is 11.8 Å². The largest absolute Gasteiger partial charge is 0.358 e. The lowest BCUT2D eigenvalue weighted by Crippen LogP contribution is -2.32. The van der Waals surface area contributed by atoms with Gasteiger partial charge in [-0.3, -0.25) is 4.79 Å². The number of hydrogen-bond donors (Lipinski definition) is 1. The van der Waals surface area contributed by atoms with Gasteiger partial charge in [0, 0.05) is 18.0 Å². The highest BCUT2D eigenvalue weighted by molar-refractivity contribution is 8.23. The van der Waals surface area contributed by atoms with Gasteiger partial charge in [-0.1, -0.05) is 42.2 Å². The molecule has 1 aromatic heterocycles. The summed E-state index contributed by atoms with van der Waals surface area (Å²) in [5.41, 5.74) is 0.855. The van der Waals surface area contributed by atoms with Gasteiger partial charge in [0.1, 0.15) is 10.1 Å². The summed E-state index contributed by atoms with van der Waals surface area (Å²) in [6.45, 7) is 5.74. The number of thiophene rings is 1.